The Bertz CT molecular complexity index is 688. The van der Waals surface area contributed by atoms with Gasteiger partial charge in [-0.15, -0.1) is 11.3 Å². The normalized spacial score (nSPS) is 24.2. The topological polar surface area (TPSA) is 128 Å². The molecule has 3 amide bonds. The quantitative estimate of drug-likeness (QED) is 0.297. The summed E-state index contributed by atoms with van der Waals surface area (Å²) < 4.78 is 0. The summed E-state index contributed by atoms with van der Waals surface area (Å²) in [5, 5.41) is 14.4. The number of nitrogens with zero attached hydrogens (tertiary/aromatic N) is 1. The summed E-state index contributed by atoms with van der Waals surface area (Å²) in [4.78, 5) is 37.5. The second kappa shape index (κ2) is 6.60. The van der Waals surface area contributed by atoms with Gasteiger partial charge in [0.2, 0.25) is 18.2 Å². The van der Waals surface area contributed by atoms with E-state index in [1.165, 1.54) is 11.3 Å². The number of fused-ring (bicyclic) bond motifs is 1. The number of rotatable bonds is 7. The number of carbonyl (C=O) groups is 3. The zero-order valence-electron chi connectivity index (χ0n) is 13.0. The van der Waals surface area contributed by atoms with E-state index in [2.05, 4.69) is 10.6 Å². The fourth-order valence-corrected chi connectivity index (χ4v) is 4.00. The summed E-state index contributed by atoms with van der Waals surface area (Å²) in [6, 6.07) is 1.44. The van der Waals surface area contributed by atoms with Crippen molar-refractivity contribution in [1.29, 1.82) is 5.41 Å². The third-order valence-electron chi connectivity index (χ3n) is 4.43. The molecule has 2 aliphatic rings. The third-order valence-corrected chi connectivity index (χ3v) is 5.37. The van der Waals surface area contributed by atoms with Crippen molar-refractivity contribution in [3.8, 4) is 0 Å². The molecule has 2 heterocycles. The molecule has 1 aliphatic heterocycles. The van der Waals surface area contributed by atoms with Crippen molar-refractivity contribution >= 4 is 35.4 Å². The number of nitrogen functional groups attached to an aromatic ring is 1. The Kier molecular flexibility index (Phi) is 4.52. The smallest absolute Gasteiger partial charge is 0.243 e. The van der Waals surface area contributed by atoms with Crippen LogP contribution in [0, 0.1) is 11.3 Å². The third kappa shape index (κ3) is 3.25. The van der Waals surface area contributed by atoms with Gasteiger partial charge in [-0.3, -0.25) is 19.8 Å². The molecule has 1 aliphatic carbocycles. The van der Waals surface area contributed by atoms with E-state index >= 15 is 0 Å². The van der Waals surface area contributed by atoms with Gasteiger partial charge in [-0.05, 0) is 24.8 Å². The number of carbonyl (C=O) groups excluding carboxylic acids is 3. The molecule has 1 saturated heterocycles. The monoisotopic (exact) mass is 349 g/mol. The molecular formula is C15H19N5O3S. The van der Waals surface area contributed by atoms with Gasteiger partial charge in [0.15, 0.2) is 0 Å². The molecule has 1 aromatic heterocycles. The molecule has 2 fully saturated rings. The van der Waals surface area contributed by atoms with Gasteiger partial charge in [0.1, 0.15) is 11.9 Å². The van der Waals surface area contributed by atoms with Crippen LogP contribution < -0.4 is 16.4 Å². The number of hydrogen-bond acceptors (Lipinski definition) is 5. The lowest BCUT2D eigenvalue weighted by Crippen LogP contribution is -2.50. The molecule has 24 heavy (non-hydrogen) atoms. The van der Waals surface area contributed by atoms with Crippen LogP contribution in [-0.4, -0.2) is 47.6 Å². The number of amides is 3. The zero-order chi connectivity index (χ0) is 17.3. The van der Waals surface area contributed by atoms with Crippen LogP contribution in [0.3, 0.4) is 0 Å². The van der Waals surface area contributed by atoms with Crippen LogP contribution in [0.2, 0.25) is 0 Å². The number of piperidine rings is 1. The summed E-state index contributed by atoms with van der Waals surface area (Å²) in [5.74, 6) is -0.00666. The van der Waals surface area contributed by atoms with Gasteiger partial charge < -0.3 is 21.3 Å². The van der Waals surface area contributed by atoms with E-state index in [1.54, 1.807) is 16.3 Å². The van der Waals surface area contributed by atoms with Gasteiger partial charge in [0, 0.05) is 21.9 Å². The van der Waals surface area contributed by atoms with E-state index in [4.69, 9.17) is 11.1 Å². The Morgan fingerprint density at radius 1 is 1.46 bits per heavy atom. The summed E-state index contributed by atoms with van der Waals surface area (Å²) in [7, 11) is 0. The summed E-state index contributed by atoms with van der Waals surface area (Å²) >= 11 is 1.42. The molecule has 8 nitrogen and oxygen atoms in total. The Morgan fingerprint density at radius 3 is 2.92 bits per heavy atom. The number of thiophene rings is 1. The SMILES string of the molecule is N=C(N)c1csc(CNC(=O)C2CC3CC3N2C(=O)CNC=O)c1. The molecule has 128 valence electrons. The van der Waals surface area contributed by atoms with Crippen molar-refractivity contribution in [2.75, 3.05) is 6.54 Å². The average molecular weight is 349 g/mol. The van der Waals surface area contributed by atoms with Crippen LogP contribution >= 0.6 is 11.3 Å². The minimum absolute atomic E-state index is 0.000781. The van der Waals surface area contributed by atoms with Gasteiger partial charge in [-0.1, -0.05) is 0 Å². The lowest BCUT2D eigenvalue weighted by molar-refractivity contribution is -0.139. The molecule has 9 heteroatoms. The first-order valence-corrected chi connectivity index (χ1v) is 8.57. The van der Waals surface area contributed by atoms with Gasteiger partial charge in [-0.25, -0.2) is 0 Å². The second-order valence-corrected chi connectivity index (χ2v) is 7.04. The van der Waals surface area contributed by atoms with Gasteiger partial charge >= 0.3 is 0 Å². The highest BCUT2D eigenvalue weighted by Gasteiger charge is 2.55. The van der Waals surface area contributed by atoms with Crippen molar-refractivity contribution in [3.05, 3.63) is 21.9 Å². The first-order valence-electron chi connectivity index (χ1n) is 7.69. The number of amidine groups is 1. The summed E-state index contributed by atoms with van der Waals surface area (Å²) in [6.07, 6.45) is 2.09. The average Bonchev–Trinajstić information content (AvgIpc) is 3.00. The molecule has 0 spiro atoms. The molecule has 0 radical (unpaired) electrons. The molecule has 0 aromatic carbocycles. The number of hydrogen-bond donors (Lipinski definition) is 4. The van der Waals surface area contributed by atoms with Crippen LogP contribution in [-0.2, 0) is 20.9 Å². The Morgan fingerprint density at radius 2 is 2.25 bits per heavy atom. The number of likely N-dealkylation sites (tertiary alicyclic amines) is 1. The van der Waals surface area contributed by atoms with Crippen molar-refractivity contribution in [2.24, 2.45) is 11.7 Å². The molecular weight excluding hydrogens is 330 g/mol. The van der Waals surface area contributed by atoms with Gasteiger partial charge in [-0.2, -0.15) is 0 Å². The fraction of sp³-hybridized carbons (Fsp3) is 0.467. The van der Waals surface area contributed by atoms with Gasteiger partial charge in [0.25, 0.3) is 0 Å². The summed E-state index contributed by atoms with van der Waals surface area (Å²) in [5.41, 5.74) is 6.06. The van der Waals surface area contributed by atoms with E-state index < -0.39 is 6.04 Å². The lowest BCUT2D eigenvalue weighted by Gasteiger charge is -2.26. The molecule has 1 saturated carbocycles. The second-order valence-electron chi connectivity index (χ2n) is 6.05. The predicted molar refractivity (Wildman–Crippen MR) is 88.4 cm³/mol. The lowest BCUT2D eigenvalue weighted by atomic mass is 10.1. The molecule has 3 rings (SSSR count). The minimum atomic E-state index is -0.470. The first-order chi connectivity index (χ1) is 11.5. The van der Waals surface area contributed by atoms with Crippen LogP contribution in [0.25, 0.3) is 0 Å². The fourth-order valence-electron chi connectivity index (χ4n) is 3.18. The largest absolute Gasteiger partial charge is 0.384 e. The minimum Gasteiger partial charge on any atom is -0.384 e. The number of nitrogens with two attached hydrogens (primary N) is 1. The van der Waals surface area contributed by atoms with E-state index in [0.29, 0.717) is 30.9 Å². The van der Waals surface area contributed by atoms with E-state index in [1.807, 2.05) is 0 Å². The highest BCUT2D eigenvalue weighted by molar-refractivity contribution is 7.10. The molecule has 5 N–H and O–H groups in total. The van der Waals surface area contributed by atoms with Crippen molar-refractivity contribution in [3.63, 3.8) is 0 Å². The van der Waals surface area contributed by atoms with E-state index in [0.717, 1.165) is 11.3 Å². The molecule has 3 unspecified atom stereocenters. The highest BCUT2D eigenvalue weighted by atomic mass is 32.1. The molecule has 1 aromatic rings. The van der Waals surface area contributed by atoms with Crippen molar-refractivity contribution in [1.82, 2.24) is 15.5 Å². The highest BCUT2D eigenvalue weighted by Crippen LogP contribution is 2.47. The summed E-state index contributed by atoms with van der Waals surface area (Å²) in [6.45, 7) is 0.265. The molecule has 0 bridgehead atoms. The van der Waals surface area contributed by atoms with Crippen LogP contribution in [0.5, 0.6) is 0 Å². The molecule has 3 atom stereocenters. The van der Waals surface area contributed by atoms with Gasteiger partial charge in [0.05, 0.1) is 13.1 Å². The number of nitrogens with one attached hydrogen (secondary N) is 3. The van der Waals surface area contributed by atoms with E-state index in [9.17, 15) is 14.4 Å². The maximum Gasteiger partial charge on any atom is 0.243 e. The Labute approximate surface area is 142 Å². The van der Waals surface area contributed by atoms with Crippen LogP contribution in [0.1, 0.15) is 23.3 Å². The van der Waals surface area contributed by atoms with Crippen molar-refractivity contribution in [2.45, 2.75) is 31.5 Å². The van der Waals surface area contributed by atoms with Crippen LogP contribution in [0.15, 0.2) is 11.4 Å². The standard InChI is InChI=1S/C15H19N5O3S/c16-14(17)9-1-10(24-6-9)4-19-15(23)12-3-8-2-11(8)20(12)13(22)5-18-7-21/h1,6-8,11-12H,2-5H2,(H3,16,17)(H,18,21)(H,19,23). The van der Waals surface area contributed by atoms with E-state index in [-0.39, 0.29) is 30.2 Å². The Balaban J connectivity index is 1.58. The zero-order valence-corrected chi connectivity index (χ0v) is 13.8. The maximum absolute atomic E-state index is 12.5. The maximum atomic E-state index is 12.5. The first kappa shape index (κ1) is 16.4. The predicted octanol–water partition coefficient (Wildman–Crippen LogP) is -0.616. The van der Waals surface area contributed by atoms with Crippen LogP contribution in [0.4, 0.5) is 0 Å². The van der Waals surface area contributed by atoms with Crippen molar-refractivity contribution < 1.29 is 14.4 Å². The Hall–Kier alpha value is -2.42.